The first-order chi connectivity index (χ1) is 12.6. The predicted octanol–water partition coefficient (Wildman–Crippen LogP) is 3.38. The molecule has 0 saturated carbocycles. The topological polar surface area (TPSA) is 70.2 Å². The molecule has 0 unspecified atom stereocenters. The minimum atomic E-state index is -0.0767. The number of hydrogen-bond donors (Lipinski definition) is 2. The zero-order chi connectivity index (χ0) is 18.4. The Morgan fingerprint density at radius 2 is 1.85 bits per heavy atom. The fourth-order valence-corrected chi connectivity index (χ4v) is 3.26. The predicted molar refractivity (Wildman–Crippen MR) is 108 cm³/mol. The van der Waals surface area contributed by atoms with Crippen LogP contribution in [0, 0.1) is 6.92 Å². The van der Waals surface area contributed by atoms with Crippen molar-refractivity contribution in [3.8, 4) is 0 Å². The molecule has 0 spiro atoms. The fraction of sp³-hybridized carbons (Fsp3) is 0.421. The van der Waals surface area contributed by atoms with Crippen LogP contribution in [0.25, 0.3) is 0 Å². The molecule has 3 rings (SSSR count). The normalized spacial score (nSPS) is 14.2. The number of carbonyl (C=O) groups is 1. The number of hydrogen-bond acceptors (Lipinski definition) is 5. The van der Waals surface area contributed by atoms with Gasteiger partial charge in [-0.2, -0.15) is 0 Å². The second kappa shape index (κ2) is 8.98. The van der Waals surface area contributed by atoms with E-state index in [1.807, 2.05) is 25.1 Å². The molecular formula is C19H24BrN5O. The van der Waals surface area contributed by atoms with Crippen molar-refractivity contribution in [3.63, 3.8) is 0 Å². The molecule has 0 aliphatic carbocycles. The van der Waals surface area contributed by atoms with Gasteiger partial charge < -0.3 is 15.5 Å². The highest BCUT2D eigenvalue weighted by Crippen LogP contribution is 2.20. The molecule has 2 aromatic rings. The van der Waals surface area contributed by atoms with Crippen LogP contribution < -0.4 is 15.5 Å². The van der Waals surface area contributed by atoms with Gasteiger partial charge in [-0.05, 0) is 50.5 Å². The van der Waals surface area contributed by atoms with Crippen LogP contribution in [0.1, 0.15) is 35.4 Å². The van der Waals surface area contributed by atoms with E-state index in [1.165, 1.54) is 19.3 Å². The van der Waals surface area contributed by atoms with Gasteiger partial charge in [0.25, 0.3) is 5.91 Å². The highest BCUT2D eigenvalue weighted by molar-refractivity contribution is 9.10. The second-order valence-corrected chi connectivity index (χ2v) is 7.31. The van der Waals surface area contributed by atoms with Crippen molar-refractivity contribution < 1.29 is 4.79 Å². The number of halogens is 1. The molecule has 1 aromatic carbocycles. The first-order valence-electron chi connectivity index (χ1n) is 9.00. The third-order valence-corrected chi connectivity index (χ3v) is 4.86. The number of aryl methyl sites for hydroxylation is 1. The molecule has 1 amide bonds. The molecule has 0 atom stereocenters. The van der Waals surface area contributed by atoms with Gasteiger partial charge in [-0.1, -0.05) is 15.9 Å². The number of rotatable bonds is 6. The molecule has 0 radical (unpaired) electrons. The van der Waals surface area contributed by atoms with Gasteiger partial charge in [0.2, 0.25) is 0 Å². The standard InChI is InChI=1S/C19H24BrN5O/c1-14-23-17(13-18(24-14)25-11-3-2-4-12-25)21-9-10-22-19(26)15-5-7-16(20)8-6-15/h5-8,13H,2-4,9-12H2,1H3,(H,22,26)(H,21,23,24). The highest BCUT2D eigenvalue weighted by Gasteiger charge is 2.13. The third kappa shape index (κ3) is 5.17. The number of carbonyl (C=O) groups excluding carboxylic acids is 1. The summed E-state index contributed by atoms with van der Waals surface area (Å²) in [5, 5.41) is 6.19. The van der Waals surface area contributed by atoms with Crippen molar-refractivity contribution in [3.05, 3.63) is 46.2 Å². The van der Waals surface area contributed by atoms with E-state index in [4.69, 9.17) is 0 Å². The lowest BCUT2D eigenvalue weighted by Gasteiger charge is -2.28. The van der Waals surface area contributed by atoms with Gasteiger partial charge in [-0.25, -0.2) is 9.97 Å². The lowest BCUT2D eigenvalue weighted by Crippen LogP contribution is -2.31. The molecule has 138 valence electrons. The summed E-state index contributed by atoms with van der Waals surface area (Å²) in [6, 6.07) is 9.31. The number of anilines is 2. The first kappa shape index (κ1) is 18.6. The van der Waals surface area contributed by atoms with Crippen molar-refractivity contribution in [2.75, 3.05) is 36.4 Å². The number of amides is 1. The Morgan fingerprint density at radius 3 is 2.58 bits per heavy atom. The van der Waals surface area contributed by atoms with Gasteiger partial charge in [0, 0.05) is 42.3 Å². The number of piperidine rings is 1. The quantitative estimate of drug-likeness (QED) is 0.704. The molecule has 1 aromatic heterocycles. The maximum atomic E-state index is 12.1. The average Bonchev–Trinajstić information content (AvgIpc) is 2.66. The van der Waals surface area contributed by atoms with Crippen LogP contribution in [0.5, 0.6) is 0 Å². The summed E-state index contributed by atoms with van der Waals surface area (Å²) in [5.74, 6) is 2.47. The number of aromatic nitrogens is 2. The molecule has 2 heterocycles. The van der Waals surface area contributed by atoms with Gasteiger partial charge >= 0.3 is 0 Å². The van der Waals surface area contributed by atoms with Gasteiger partial charge in [0.1, 0.15) is 17.5 Å². The Morgan fingerprint density at radius 1 is 1.12 bits per heavy atom. The van der Waals surface area contributed by atoms with Gasteiger partial charge in [0.05, 0.1) is 0 Å². The van der Waals surface area contributed by atoms with E-state index in [2.05, 4.69) is 41.4 Å². The number of benzene rings is 1. The smallest absolute Gasteiger partial charge is 0.251 e. The van der Waals surface area contributed by atoms with Gasteiger partial charge in [0.15, 0.2) is 0 Å². The summed E-state index contributed by atoms with van der Waals surface area (Å²) in [6.07, 6.45) is 3.73. The molecule has 0 bridgehead atoms. The van der Waals surface area contributed by atoms with Crippen molar-refractivity contribution in [2.24, 2.45) is 0 Å². The van der Waals surface area contributed by atoms with Crippen LogP contribution in [0.15, 0.2) is 34.8 Å². The van der Waals surface area contributed by atoms with Crippen molar-refractivity contribution >= 4 is 33.5 Å². The maximum absolute atomic E-state index is 12.1. The maximum Gasteiger partial charge on any atom is 0.251 e. The molecular weight excluding hydrogens is 394 g/mol. The molecule has 1 aliphatic rings. The van der Waals surface area contributed by atoms with Crippen molar-refractivity contribution in [1.29, 1.82) is 0 Å². The largest absolute Gasteiger partial charge is 0.368 e. The SMILES string of the molecule is Cc1nc(NCCNC(=O)c2ccc(Br)cc2)cc(N2CCCCC2)n1. The minimum absolute atomic E-state index is 0.0767. The Hall–Kier alpha value is -2.15. The summed E-state index contributed by atoms with van der Waals surface area (Å²) >= 11 is 3.37. The van der Waals surface area contributed by atoms with Crippen LogP contribution in [0.3, 0.4) is 0 Å². The lowest BCUT2D eigenvalue weighted by atomic mass is 10.1. The van der Waals surface area contributed by atoms with Crippen LogP contribution in [-0.4, -0.2) is 42.1 Å². The Kier molecular flexibility index (Phi) is 6.44. The average molecular weight is 418 g/mol. The second-order valence-electron chi connectivity index (χ2n) is 6.40. The number of nitrogens with zero attached hydrogens (tertiary/aromatic N) is 3. The lowest BCUT2D eigenvalue weighted by molar-refractivity contribution is 0.0955. The monoisotopic (exact) mass is 417 g/mol. The van der Waals surface area contributed by atoms with E-state index in [1.54, 1.807) is 12.1 Å². The van der Waals surface area contributed by atoms with Crippen molar-refractivity contribution in [2.45, 2.75) is 26.2 Å². The van der Waals surface area contributed by atoms with E-state index in [0.29, 0.717) is 18.7 Å². The molecule has 1 aliphatic heterocycles. The summed E-state index contributed by atoms with van der Waals surface area (Å²) in [7, 11) is 0. The summed E-state index contributed by atoms with van der Waals surface area (Å²) < 4.78 is 0.958. The van der Waals surface area contributed by atoms with Crippen LogP contribution in [-0.2, 0) is 0 Å². The van der Waals surface area contributed by atoms with Crippen LogP contribution in [0.4, 0.5) is 11.6 Å². The van der Waals surface area contributed by atoms with E-state index < -0.39 is 0 Å². The van der Waals surface area contributed by atoms with Crippen LogP contribution >= 0.6 is 15.9 Å². The van der Waals surface area contributed by atoms with E-state index in [9.17, 15) is 4.79 Å². The number of nitrogens with one attached hydrogen (secondary N) is 2. The summed E-state index contributed by atoms with van der Waals surface area (Å²) in [4.78, 5) is 23.4. The Labute approximate surface area is 162 Å². The van der Waals surface area contributed by atoms with E-state index in [0.717, 1.165) is 35.0 Å². The van der Waals surface area contributed by atoms with E-state index >= 15 is 0 Å². The summed E-state index contributed by atoms with van der Waals surface area (Å²) in [5.41, 5.74) is 0.651. The molecule has 1 fully saturated rings. The highest BCUT2D eigenvalue weighted by atomic mass is 79.9. The fourth-order valence-electron chi connectivity index (χ4n) is 3.00. The van der Waals surface area contributed by atoms with Crippen molar-refractivity contribution in [1.82, 2.24) is 15.3 Å². The zero-order valence-corrected chi connectivity index (χ0v) is 16.6. The van der Waals surface area contributed by atoms with Gasteiger partial charge in [-0.15, -0.1) is 0 Å². The molecule has 1 saturated heterocycles. The van der Waals surface area contributed by atoms with E-state index in [-0.39, 0.29) is 5.91 Å². The summed E-state index contributed by atoms with van der Waals surface area (Å²) in [6.45, 7) is 5.15. The zero-order valence-electron chi connectivity index (χ0n) is 15.0. The van der Waals surface area contributed by atoms with Gasteiger partial charge in [-0.3, -0.25) is 4.79 Å². The Balaban J connectivity index is 1.50. The first-order valence-corrected chi connectivity index (χ1v) is 9.79. The van der Waals surface area contributed by atoms with Crippen LogP contribution in [0.2, 0.25) is 0 Å². The molecule has 26 heavy (non-hydrogen) atoms. The third-order valence-electron chi connectivity index (χ3n) is 4.33. The molecule has 7 heteroatoms. The Bertz CT molecular complexity index is 744. The minimum Gasteiger partial charge on any atom is -0.368 e. The molecule has 2 N–H and O–H groups in total. The molecule has 6 nitrogen and oxygen atoms in total.